The average Bonchev–Trinajstić information content (AvgIpc) is 2.79. The predicted molar refractivity (Wildman–Crippen MR) is 112 cm³/mol. The van der Waals surface area contributed by atoms with E-state index in [4.69, 9.17) is 0 Å². The van der Waals surface area contributed by atoms with Crippen molar-refractivity contribution in [3.8, 4) is 28.4 Å². The summed E-state index contributed by atoms with van der Waals surface area (Å²) in [5, 5.41) is 2.93. The lowest BCUT2D eigenvalue weighted by Gasteiger charge is -2.13. The molecular formula is C23H14F6N4O. The molecule has 0 unspecified atom stereocenters. The molecule has 4 aromatic rings. The van der Waals surface area contributed by atoms with Gasteiger partial charge in [0, 0.05) is 35.3 Å². The molecule has 0 aliphatic heterocycles. The van der Waals surface area contributed by atoms with Gasteiger partial charge >= 0.3 is 12.5 Å². The van der Waals surface area contributed by atoms with Crippen molar-refractivity contribution in [2.75, 3.05) is 5.32 Å². The number of alkyl halides is 6. The van der Waals surface area contributed by atoms with Crippen molar-refractivity contribution in [3.05, 3.63) is 84.7 Å². The number of hydrogen-bond donors (Lipinski definition) is 1. The normalized spacial score (nSPS) is 11.8. The van der Waals surface area contributed by atoms with E-state index in [9.17, 15) is 26.3 Å². The van der Waals surface area contributed by atoms with Crippen LogP contribution < -0.4 is 10.1 Å². The van der Waals surface area contributed by atoms with E-state index in [1.54, 1.807) is 12.1 Å². The molecule has 11 heteroatoms. The Morgan fingerprint density at radius 3 is 2.09 bits per heavy atom. The molecule has 0 saturated carbocycles. The van der Waals surface area contributed by atoms with Crippen LogP contribution in [0.1, 0.15) is 5.56 Å². The molecule has 34 heavy (non-hydrogen) atoms. The number of nitrogens with zero attached hydrogens (tertiary/aromatic N) is 3. The summed E-state index contributed by atoms with van der Waals surface area (Å²) in [6, 6.07) is 14.3. The van der Waals surface area contributed by atoms with Crippen molar-refractivity contribution in [1.82, 2.24) is 15.0 Å². The third kappa shape index (κ3) is 5.80. The van der Waals surface area contributed by atoms with Gasteiger partial charge in [0.2, 0.25) is 0 Å². The fraction of sp³-hybridized carbons (Fsp3) is 0.0870. The highest BCUT2D eigenvalue weighted by Crippen LogP contribution is 2.33. The molecule has 0 aliphatic rings. The number of anilines is 2. The van der Waals surface area contributed by atoms with Crippen molar-refractivity contribution in [2.45, 2.75) is 12.5 Å². The van der Waals surface area contributed by atoms with Crippen LogP contribution in [0.5, 0.6) is 5.75 Å². The molecule has 174 valence electrons. The number of aromatic nitrogens is 3. The summed E-state index contributed by atoms with van der Waals surface area (Å²) in [6.45, 7) is 0. The Morgan fingerprint density at radius 1 is 0.735 bits per heavy atom. The Kier molecular flexibility index (Phi) is 6.10. The number of rotatable bonds is 5. The quantitative estimate of drug-likeness (QED) is 0.319. The molecule has 0 radical (unpaired) electrons. The molecule has 4 rings (SSSR count). The van der Waals surface area contributed by atoms with Gasteiger partial charge in [0.05, 0.1) is 11.3 Å². The molecule has 1 N–H and O–H groups in total. The van der Waals surface area contributed by atoms with Crippen molar-refractivity contribution < 1.29 is 31.1 Å². The van der Waals surface area contributed by atoms with Crippen LogP contribution >= 0.6 is 0 Å². The summed E-state index contributed by atoms with van der Waals surface area (Å²) < 4.78 is 80.6. The first-order valence-electron chi connectivity index (χ1n) is 9.67. The zero-order valence-corrected chi connectivity index (χ0v) is 17.0. The van der Waals surface area contributed by atoms with Crippen LogP contribution in [0.3, 0.4) is 0 Å². The number of nitrogens with one attached hydrogen (secondary N) is 1. The maximum absolute atomic E-state index is 13.2. The van der Waals surface area contributed by atoms with Gasteiger partial charge in [-0.1, -0.05) is 12.1 Å². The van der Waals surface area contributed by atoms with Crippen molar-refractivity contribution in [1.29, 1.82) is 0 Å². The molecule has 0 aliphatic carbocycles. The second kappa shape index (κ2) is 9.00. The van der Waals surface area contributed by atoms with E-state index in [0.717, 1.165) is 24.3 Å². The first-order valence-corrected chi connectivity index (χ1v) is 9.67. The summed E-state index contributed by atoms with van der Waals surface area (Å²) in [5.74, 6) is 0.0402. The van der Waals surface area contributed by atoms with Gasteiger partial charge in [0.15, 0.2) is 5.82 Å². The van der Waals surface area contributed by atoms with E-state index in [1.807, 2.05) is 0 Å². The van der Waals surface area contributed by atoms with Crippen molar-refractivity contribution in [2.24, 2.45) is 0 Å². The van der Waals surface area contributed by atoms with Crippen LogP contribution in [-0.4, -0.2) is 21.3 Å². The molecule has 2 heterocycles. The van der Waals surface area contributed by atoms with E-state index in [-0.39, 0.29) is 22.9 Å². The zero-order chi connectivity index (χ0) is 24.3. The SMILES string of the molecule is FC(F)(F)Oc1ccc(Nc2cc(-c3cccc(C(F)(F)F)c3)nc(-c3ccncc3)n2)cc1. The van der Waals surface area contributed by atoms with E-state index >= 15 is 0 Å². The highest BCUT2D eigenvalue weighted by Gasteiger charge is 2.31. The van der Waals surface area contributed by atoms with Crippen LogP contribution in [-0.2, 0) is 6.18 Å². The molecule has 0 amide bonds. The topological polar surface area (TPSA) is 59.9 Å². The third-order valence-corrected chi connectivity index (χ3v) is 4.51. The fourth-order valence-electron chi connectivity index (χ4n) is 3.03. The second-order valence-corrected chi connectivity index (χ2v) is 6.97. The number of ether oxygens (including phenoxy) is 1. The summed E-state index contributed by atoms with van der Waals surface area (Å²) in [7, 11) is 0. The first-order chi connectivity index (χ1) is 16.1. The van der Waals surface area contributed by atoms with Crippen LogP contribution in [0.15, 0.2) is 79.1 Å². The molecule has 0 saturated heterocycles. The molecule has 2 aromatic heterocycles. The third-order valence-electron chi connectivity index (χ3n) is 4.51. The summed E-state index contributed by atoms with van der Waals surface area (Å²) in [4.78, 5) is 12.7. The van der Waals surface area contributed by atoms with Crippen LogP contribution in [0.25, 0.3) is 22.6 Å². The monoisotopic (exact) mass is 476 g/mol. The number of pyridine rings is 1. The van der Waals surface area contributed by atoms with Gasteiger partial charge in [-0.3, -0.25) is 4.98 Å². The van der Waals surface area contributed by atoms with Crippen LogP contribution in [0.4, 0.5) is 37.8 Å². The van der Waals surface area contributed by atoms with Crippen LogP contribution in [0.2, 0.25) is 0 Å². The summed E-state index contributed by atoms with van der Waals surface area (Å²) in [6.07, 6.45) is -6.32. The number of halogens is 6. The lowest BCUT2D eigenvalue weighted by atomic mass is 10.1. The van der Waals surface area contributed by atoms with Crippen molar-refractivity contribution in [3.63, 3.8) is 0 Å². The van der Waals surface area contributed by atoms with E-state index in [1.165, 1.54) is 42.7 Å². The number of benzene rings is 2. The minimum Gasteiger partial charge on any atom is -0.406 e. The van der Waals surface area contributed by atoms with E-state index in [2.05, 4.69) is 25.0 Å². The van der Waals surface area contributed by atoms with E-state index in [0.29, 0.717) is 11.3 Å². The highest BCUT2D eigenvalue weighted by molar-refractivity contribution is 5.70. The minimum atomic E-state index is -4.82. The average molecular weight is 476 g/mol. The lowest BCUT2D eigenvalue weighted by Crippen LogP contribution is -2.16. The summed E-state index contributed by atoms with van der Waals surface area (Å²) >= 11 is 0. The first kappa shape index (κ1) is 23.0. The largest absolute Gasteiger partial charge is 0.573 e. The van der Waals surface area contributed by atoms with Gasteiger partial charge in [0.25, 0.3) is 0 Å². The van der Waals surface area contributed by atoms with Gasteiger partial charge in [-0.05, 0) is 48.5 Å². The lowest BCUT2D eigenvalue weighted by molar-refractivity contribution is -0.274. The molecule has 5 nitrogen and oxygen atoms in total. The Balaban J connectivity index is 1.72. The molecule has 0 spiro atoms. The Morgan fingerprint density at radius 2 is 1.44 bits per heavy atom. The van der Waals surface area contributed by atoms with Crippen LogP contribution in [0, 0.1) is 0 Å². The maximum atomic E-state index is 13.2. The summed E-state index contributed by atoms with van der Waals surface area (Å²) in [5.41, 5.74) is 0.547. The standard InChI is InChI=1S/C23H14F6N4O/c24-22(25,26)16-3-1-2-15(12-16)19-13-20(33-21(32-19)14-8-10-30-11-9-14)31-17-4-6-18(7-5-17)34-23(27,28)29/h1-13H,(H,31,32,33). The minimum absolute atomic E-state index is 0.213. The molecule has 0 atom stereocenters. The smallest absolute Gasteiger partial charge is 0.406 e. The highest BCUT2D eigenvalue weighted by atomic mass is 19.4. The molecule has 0 bridgehead atoms. The molecule has 2 aromatic carbocycles. The van der Waals surface area contributed by atoms with Crippen molar-refractivity contribution >= 4 is 11.5 Å². The predicted octanol–water partition coefficient (Wildman–Crippen LogP) is 6.87. The fourth-order valence-corrected chi connectivity index (χ4v) is 3.03. The molecule has 0 fully saturated rings. The van der Waals surface area contributed by atoms with Gasteiger partial charge in [0.1, 0.15) is 11.6 Å². The van der Waals surface area contributed by atoms with Gasteiger partial charge in [-0.2, -0.15) is 13.2 Å². The Labute approximate surface area is 189 Å². The van der Waals surface area contributed by atoms with Gasteiger partial charge < -0.3 is 10.1 Å². The van der Waals surface area contributed by atoms with Gasteiger partial charge in [-0.15, -0.1) is 13.2 Å². The number of hydrogen-bond acceptors (Lipinski definition) is 5. The Bertz CT molecular complexity index is 1280. The van der Waals surface area contributed by atoms with Gasteiger partial charge in [-0.25, -0.2) is 9.97 Å². The molecular weight excluding hydrogens is 462 g/mol. The Hall–Kier alpha value is -4.15. The second-order valence-electron chi connectivity index (χ2n) is 6.97. The maximum Gasteiger partial charge on any atom is 0.573 e. The van der Waals surface area contributed by atoms with E-state index < -0.39 is 23.9 Å². The zero-order valence-electron chi connectivity index (χ0n) is 17.0.